The van der Waals surface area contributed by atoms with Crippen molar-refractivity contribution < 1.29 is 9.59 Å². The van der Waals surface area contributed by atoms with Gasteiger partial charge in [0.25, 0.3) is 5.91 Å². The van der Waals surface area contributed by atoms with E-state index in [-0.39, 0.29) is 18.4 Å². The van der Waals surface area contributed by atoms with Crippen LogP contribution in [-0.4, -0.2) is 18.4 Å². The van der Waals surface area contributed by atoms with Gasteiger partial charge in [-0.15, -0.1) is 0 Å². The molecule has 28 heavy (non-hydrogen) atoms. The highest BCUT2D eigenvalue weighted by molar-refractivity contribution is 5.99. The second kappa shape index (κ2) is 8.86. The fourth-order valence-electron chi connectivity index (χ4n) is 2.68. The fraction of sp³-hybridized carbons (Fsp3) is 0.130. The summed E-state index contributed by atoms with van der Waals surface area (Å²) in [5.74, 6) is -0.540. The monoisotopic (exact) mass is 373 g/mol. The van der Waals surface area contributed by atoms with E-state index in [1.165, 1.54) is 0 Å². The number of carbonyl (C=O) groups is 2. The fourth-order valence-corrected chi connectivity index (χ4v) is 2.68. The molecule has 5 heteroatoms. The number of aryl methyl sites for hydroxylation is 2. The molecule has 3 aromatic carbocycles. The molecule has 0 spiro atoms. The summed E-state index contributed by atoms with van der Waals surface area (Å²) in [5.41, 5.74) is 5.30. The molecule has 142 valence electrons. The minimum Gasteiger partial charge on any atom is -0.356 e. The molecule has 0 heterocycles. The van der Waals surface area contributed by atoms with Crippen LogP contribution >= 0.6 is 0 Å². The lowest BCUT2D eigenvalue weighted by atomic mass is 10.1. The maximum absolute atomic E-state index is 12.2. The van der Waals surface area contributed by atoms with Crippen molar-refractivity contribution in [3.8, 4) is 0 Å². The van der Waals surface area contributed by atoms with Crippen molar-refractivity contribution in [3.05, 3.63) is 89.5 Å². The molecule has 0 fully saturated rings. The number of amides is 2. The number of rotatable bonds is 6. The van der Waals surface area contributed by atoms with Gasteiger partial charge in [-0.3, -0.25) is 9.59 Å². The highest BCUT2D eigenvalue weighted by atomic mass is 16.2. The van der Waals surface area contributed by atoms with Crippen molar-refractivity contribution in [2.24, 2.45) is 0 Å². The van der Waals surface area contributed by atoms with Crippen LogP contribution in [0.3, 0.4) is 0 Å². The zero-order valence-electron chi connectivity index (χ0n) is 16.0. The van der Waals surface area contributed by atoms with Crippen LogP contribution in [0.2, 0.25) is 0 Å². The molecule has 0 aliphatic rings. The van der Waals surface area contributed by atoms with Crippen LogP contribution in [0.5, 0.6) is 0 Å². The predicted molar refractivity (Wildman–Crippen MR) is 113 cm³/mol. The predicted octanol–water partition coefficient (Wildman–Crippen LogP) is 4.42. The van der Waals surface area contributed by atoms with Crippen LogP contribution in [0.4, 0.5) is 17.1 Å². The maximum atomic E-state index is 12.2. The van der Waals surface area contributed by atoms with E-state index in [1.54, 1.807) is 6.07 Å². The van der Waals surface area contributed by atoms with Gasteiger partial charge in [-0.1, -0.05) is 24.3 Å². The second-order valence-corrected chi connectivity index (χ2v) is 6.60. The topological polar surface area (TPSA) is 70.2 Å². The molecule has 0 bridgehead atoms. The molecule has 0 aliphatic heterocycles. The number of benzene rings is 3. The Morgan fingerprint density at radius 2 is 1.39 bits per heavy atom. The van der Waals surface area contributed by atoms with E-state index >= 15 is 0 Å². The summed E-state index contributed by atoms with van der Waals surface area (Å²) in [7, 11) is 0. The average molecular weight is 373 g/mol. The van der Waals surface area contributed by atoms with Gasteiger partial charge in [0.1, 0.15) is 0 Å². The summed E-state index contributed by atoms with van der Waals surface area (Å²) in [4.78, 5) is 24.3. The number of hydrogen-bond donors (Lipinski definition) is 3. The summed E-state index contributed by atoms with van der Waals surface area (Å²) in [6.07, 6.45) is 0. The summed E-state index contributed by atoms with van der Waals surface area (Å²) < 4.78 is 0. The third-order valence-electron chi connectivity index (χ3n) is 4.41. The largest absolute Gasteiger partial charge is 0.356 e. The minimum atomic E-state index is -0.277. The number of carbonyl (C=O) groups excluding carboxylic acids is 2. The molecule has 5 nitrogen and oxygen atoms in total. The number of para-hydroxylation sites is 1. The first-order chi connectivity index (χ1) is 13.5. The lowest BCUT2D eigenvalue weighted by molar-refractivity contribution is -0.115. The molecular formula is C23H23N3O2. The number of nitrogens with one attached hydrogen (secondary N) is 3. The van der Waals surface area contributed by atoms with Crippen molar-refractivity contribution in [2.75, 3.05) is 17.2 Å². The first-order valence-electron chi connectivity index (χ1n) is 9.09. The minimum absolute atomic E-state index is 0.0875. The van der Waals surface area contributed by atoms with Gasteiger partial charge in [0, 0.05) is 22.6 Å². The Kier molecular flexibility index (Phi) is 6.07. The molecule has 2 amide bonds. The van der Waals surface area contributed by atoms with E-state index in [1.807, 2.05) is 80.6 Å². The highest BCUT2D eigenvalue weighted by Crippen LogP contribution is 2.18. The Labute approximate surface area is 164 Å². The van der Waals surface area contributed by atoms with Crippen molar-refractivity contribution in [3.63, 3.8) is 0 Å². The third kappa shape index (κ3) is 5.20. The Hall–Kier alpha value is -3.60. The Bertz CT molecular complexity index is 967. The highest BCUT2D eigenvalue weighted by Gasteiger charge is 2.09. The average Bonchev–Trinajstić information content (AvgIpc) is 2.70. The normalized spacial score (nSPS) is 10.2. The van der Waals surface area contributed by atoms with E-state index in [4.69, 9.17) is 0 Å². The van der Waals surface area contributed by atoms with Crippen LogP contribution in [-0.2, 0) is 4.79 Å². The summed E-state index contributed by atoms with van der Waals surface area (Å²) in [6, 6.07) is 22.7. The van der Waals surface area contributed by atoms with E-state index in [0.717, 1.165) is 22.5 Å². The van der Waals surface area contributed by atoms with Gasteiger partial charge in [0.05, 0.1) is 6.54 Å². The molecular weight excluding hydrogens is 350 g/mol. The zero-order chi connectivity index (χ0) is 19.9. The van der Waals surface area contributed by atoms with E-state index in [2.05, 4.69) is 16.0 Å². The van der Waals surface area contributed by atoms with Gasteiger partial charge in [-0.05, 0) is 73.5 Å². The molecule has 0 radical (unpaired) electrons. The first kappa shape index (κ1) is 19.2. The maximum Gasteiger partial charge on any atom is 0.251 e. The third-order valence-corrected chi connectivity index (χ3v) is 4.41. The zero-order valence-corrected chi connectivity index (χ0v) is 16.0. The molecule has 0 atom stereocenters. The summed E-state index contributed by atoms with van der Waals surface area (Å²) >= 11 is 0. The molecule has 0 saturated heterocycles. The molecule has 3 rings (SSSR count). The van der Waals surface area contributed by atoms with Gasteiger partial charge < -0.3 is 16.0 Å². The van der Waals surface area contributed by atoms with E-state index < -0.39 is 0 Å². The smallest absolute Gasteiger partial charge is 0.251 e. The van der Waals surface area contributed by atoms with Crippen LogP contribution in [0.1, 0.15) is 21.5 Å². The summed E-state index contributed by atoms with van der Waals surface area (Å²) in [6.45, 7) is 3.86. The Morgan fingerprint density at radius 3 is 2.07 bits per heavy atom. The molecule has 0 unspecified atom stereocenters. The van der Waals surface area contributed by atoms with Crippen molar-refractivity contribution >= 4 is 28.9 Å². The van der Waals surface area contributed by atoms with Gasteiger partial charge >= 0.3 is 0 Å². The quantitative estimate of drug-likeness (QED) is 0.599. The standard InChI is InChI=1S/C23H23N3O2/c1-16-8-9-18(14-17(16)2)23(28)24-15-22(27)26-21-12-10-20(11-13-21)25-19-6-4-3-5-7-19/h3-14,25H,15H2,1-2H3,(H,24,28)(H,26,27). The van der Waals surface area contributed by atoms with Crippen molar-refractivity contribution in [2.45, 2.75) is 13.8 Å². The molecule has 3 aromatic rings. The van der Waals surface area contributed by atoms with Crippen molar-refractivity contribution in [1.82, 2.24) is 5.32 Å². The first-order valence-corrected chi connectivity index (χ1v) is 9.09. The number of hydrogen-bond acceptors (Lipinski definition) is 3. The van der Waals surface area contributed by atoms with Crippen molar-refractivity contribution in [1.29, 1.82) is 0 Å². The van der Waals surface area contributed by atoms with Gasteiger partial charge in [-0.25, -0.2) is 0 Å². The van der Waals surface area contributed by atoms with E-state index in [0.29, 0.717) is 11.3 Å². The Morgan fingerprint density at radius 1 is 0.750 bits per heavy atom. The molecule has 0 aliphatic carbocycles. The van der Waals surface area contributed by atoms with Gasteiger partial charge in [0.2, 0.25) is 5.91 Å². The lowest BCUT2D eigenvalue weighted by Crippen LogP contribution is -2.32. The number of anilines is 3. The SMILES string of the molecule is Cc1ccc(C(=O)NCC(=O)Nc2ccc(Nc3ccccc3)cc2)cc1C. The molecule has 0 aromatic heterocycles. The van der Waals surface area contributed by atoms with E-state index in [9.17, 15) is 9.59 Å². The lowest BCUT2D eigenvalue weighted by Gasteiger charge is -2.10. The van der Waals surface area contributed by atoms with Crippen LogP contribution < -0.4 is 16.0 Å². The molecule has 0 saturated carbocycles. The van der Waals surface area contributed by atoms with Crippen LogP contribution in [0.25, 0.3) is 0 Å². The second-order valence-electron chi connectivity index (χ2n) is 6.60. The van der Waals surface area contributed by atoms with Gasteiger partial charge in [0.15, 0.2) is 0 Å². The van der Waals surface area contributed by atoms with Gasteiger partial charge in [-0.2, -0.15) is 0 Å². The van der Waals surface area contributed by atoms with Crippen LogP contribution in [0, 0.1) is 13.8 Å². The van der Waals surface area contributed by atoms with Crippen LogP contribution in [0.15, 0.2) is 72.8 Å². The summed E-state index contributed by atoms with van der Waals surface area (Å²) in [5, 5.41) is 8.71. The molecule has 3 N–H and O–H groups in total. The Balaban J connectivity index is 1.50.